The fourth-order valence-electron chi connectivity index (χ4n) is 5.65. The number of unbranched alkanes of at least 4 members (excludes halogenated alkanes) is 1. The van der Waals surface area contributed by atoms with E-state index in [1.165, 1.54) is 49.6 Å². The average molecular weight is 885 g/mol. The van der Waals surface area contributed by atoms with Crippen LogP contribution in [0.3, 0.4) is 0 Å². The summed E-state index contributed by atoms with van der Waals surface area (Å²) in [5, 5.41) is 13.5. The number of furan rings is 2. The number of rotatable bonds is 11. The van der Waals surface area contributed by atoms with Gasteiger partial charge >= 0.3 is 30.4 Å². The summed E-state index contributed by atoms with van der Waals surface area (Å²) in [6, 6.07) is 3.65. The van der Waals surface area contributed by atoms with Gasteiger partial charge in [0.2, 0.25) is 0 Å². The Hall–Kier alpha value is -6.51. The van der Waals surface area contributed by atoms with Crippen molar-refractivity contribution >= 4 is 46.8 Å². The Morgan fingerprint density at radius 1 is 0.852 bits per heavy atom. The van der Waals surface area contributed by atoms with Crippen LogP contribution in [0.25, 0.3) is 33.5 Å². The van der Waals surface area contributed by atoms with E-state index in [2.05, 4.69) is 20.6 Å². The number of nitrogens with one attached hydrogen (secondary N) is 2. The topological polar surface area (TPSA) is 192 Å². The Balaban J connectivity index is 0.000000312. The number of pyridine rings is 2. The summed E-state index contributed by atoms with van der Waals surface area (Å²) in [4.78, 5) is 55.3. The first-order valence-electron chi connectivity index (χ1n) is 17.6. The third kappa shape index (κ3) is 11.6. The number of aromatic nitrogens is 4. The molecule has 0 spiro atoms. The lowest BCUT2D eigenvalue weighted by atomic mass is 10.1. The van der Waals surface area contributed by atoms with Crippen molar-refractivity contribution < 1.29 is 68.9 Å². The Labute approximate surface area is 347 Å². The number of alkyl halides is 6. The first kappa shape index (κ1) is 47.2. The number of carbonyl (C=O) groups excluding carboxylic acids is 3. The maximum Gasteiger partial charge on any atom is 0.420 e. The van der Waals surface area contributed by atoms with Crippen molar-refractivity contribution in [2.45, 2.75) is 71.5 Å². The molecule has 0 aliphatic carbocycles. The molecule has 61 heavy (non-hydrogen) atoms. The van der Waals surface area contributed by atoms with Gasteiger partial charge in [0.1, 0.15) is 22.4 Å². The SMILES string of the molecule is C.COC(=O)[C@H](CCCCNC(=O)OC(C)(C)C)NC(=O)c1nc2c(C(F)(F)F)cc(-c3ccoc3)cn2c1Cl.O=C(O)c1cn2cc(-c3ccoc3)cc(C(F)(F)F)c2n1. The summed E-state index contributed by atoms with van der Waals surface area (Å²) in [6.07, 6.45) is -0.153. The molecule has 0 aliphatic heterocycles. The number of imidazole rings is 2. The largest absolute Gasteiger partial charge is 0.476 e. The zero-order chi connectivity index (χ0) is 44.2. The third-order valence-corrected chi connectivity index (χ3v) is 8.71. The minimum absolute atomic E-state index is 0. The molecule has 0 radical (unpaired) electrons. The van der Waals surface area contributed by atoms with Crippen molar-refractivity contribution in [3.8, 4) is 22.3 Å². The van der Waals surface area contributed by atoms with Crippen LogP contribution in [-0.4, -0.2) is 73.1 Å². The van der Waals surface area contributed by atoms with Crippen molar-refractivity contribution in [2.24, 2.45) is 0 Å². The van der Waals surface area contributed by atoms with Crippen LogP contribution in [0.15, 0.2) is 76.7 Å². The number of halogens is 7. The summed E-state index contributed by atoms with van der Waals surface area (Å²) in [5.74, 6) is -3.11. The molecule has 0 fully saturated rings. The summed E-state index contributed by atoms with van der Waals surface area (Å²) >= 11 is 6.31. The molecule has 15 nitrogen and oxygen atoms in total. The number of amides is 2. The quantitative estimate of drug-likeness (QED) is 0.0639. The van der Waals surface area contributed by atoms with Crippen LogP contribution in [0, 0.1) is 0 Å². The molecule has 6 aromatic heterocycles. The summed E-state index contributed by atoms with van der Waals surface area (Å²) in [7, 11) is 1.14. The molecule has 3 N–H and O–H groups in total. The highest BCUT2D eigenvalue weighted by molar-refractivity contribution is 6.33. The van der Waals surface area contributed by atoms with Crippen molar-refractivity contribution in [1.29, 1.82) is 0 Å². The predicted molar refractivity (Wildman–Crippen MR) is 206 cm³/mol. The van der Waals surface area contributed by atoms with E-state index < -0.39 is 81.7 Å². The second-order valence-electron chi connectivity index (χ2n) is 13.9. The monoisotopic (exact) mass is 884 g/mol. The molecular weight excluding hydrogens is 846 g/mol. The molecule has 0 aliphatic rings. The molecule has 6 aromatic rings. The lowest BCUT2D eigenvalue weighted by molar-refractivity contribution is -0.143. The maximum atomic E-state index is 13.9. The van der Waals surface area contributed by atoms with E-state index in [9.17, 15) is 45.5 Å². The van der Waals surface area contributed by atoms with E-state index in [1.54, 1.807) is 20.8 Å². The summed E-state index contributed by atoms with van der Waals surface area (Å²) in [6.45, 7) is 5.45. The second kappa shape index (κ2) is 18.8. The molecule has 6 rings (SSSR count). The number of aromatic carboxylic acids is 1. The van der Waals surface area contributed by atoms with E-state index in [0.717, 1.165) is 34.2 Å². The number of esters is 1. The molecule has 0 bridgehead atoms. The van der Waals surface area contributed by atoms with Crippen LogP contribution in [0.1, 0.15) is 79.6 Å². The Bertz CT molecular complexity index is 2490. The van der Waals surface area contributed by atoms with E-state index in [0.29, 0.717) is 24.0 Å². The van der Waals surface area contributed by atoms with Gasteiger partial charge in [-0.3, -0.25) is 9.20 Å². The van der Waals surface area contributed by atoms with Crippen molar-refractivity contribution in [2.75, 3.05) is 13.7 Å². The van der Waals surface area contributed by atoms with E-state index in [1.807, 2.05) is 0 Å². The summed E-state index contributed by atoms with van der Waals surface area (Å²) < 4.78 is 103. The molecule has 0 saturated carbocycles. The number of carboxylic acid groups (broad SMARTS) is 1. The second-order valence-corrected chi connectivity index (χ2v) is 14.2. The number of hydrogen-bond acceptors (Lipinski definition) is 10. The zero-order valence-electron chi connectivity index (χ0n) is 31.9. The van der Waals surface area contributed by atoms with Gasteiger partial charge in [-0.2, -0.15) is 26.3 Å². The van der Waals surface area contributed by atoms with Crippen LogP contribution in [-0.2, 0) is 26.6 Å². The number of methoxy groups -OCH3 is 1. The maximum absolute atomic E-state index is 13.9. The number of fused-ring (bicyclic) bond motifs is 2. The van der Waals surface area contributed by atoms with E-state index in [-0.39, 0.29) is 36.7 Å². The lowest BCUT2D eigenvalue weighted by Gasteiger charge is -2.20. The molecule has 22 heteroatoms. The van der Waals surface area contributed by atoms with Crippen LogP contribution >= 0.6 is 11.6 Å². The van der Waals surface area contributed by atoms with Gasteiger partial charge in [0.15, 0.2) is 17.0 Å². The van der Waals surface area contributed by atoms with Gasteiger partial charge in [0.05, 0.1) is 43.3 Å². The summed E-state index contributed by atoms with van der Waals surface area (Å²) in [5.41, 5.74) is -3.53. The van der Waals surface area contributed by atoms with Crippen molar-refractivity contribution in [3.63, 3.8) is 0 Å². The van der Waals surface area contributed by atoms with Gasteiger partial charge in [-0.1, -0.05) is 19.0 Å². The molecule has 0 aromatic carbocycles. The van der Waals surface area contributed by atoms with Gasteiger partial charge in [0, 0.05) is 47.4 Å². The van der Waals surface area contributed by atoms with Crippen LogP contribution < -0.4 is 10.6 Å². The smallest absolute Gasteiger partial charge is 0.420 e. The van der Waals surface area contributed by atoms with E-state index >= 15 is 0 Å². The van der Waals surface area contributed by atoms with Gasteiger partial charge in [-0.25, -0.2) is 24.4 Å². The first-order valence-corrected chi connectivity index (χ1v) is 18.0. The molecule has 0 unspecified atom stereocenters. The number of carbonyl (C=O) groups is 4. The van der Waals surface area contributed by atoms with Crippen LogP contribution in [0.2, 0.25) is 5.15 Å². The number of carboxylic acids is 1. The van der Waals surface area contributed by atoms with Crippen molar-refractivity contribution in [3.05, 3.63) is 95.6 Å². The molecule has 0 saturated heterocycles. The van der Waals surface area contributed by atoms with Crippen LogP contribution in [0.4, 0.5) is 31.1 Å². The number of ether oxygens (including phenoxy) is 2. The lowest BCUT2D eigenvalue weighted by Crippen LogP contribution is -2.42. The fourth-order valence-corrected chi connectivity index (χ4v) is 5.91. The number of nitrogens with zero attached hydrogens (tertiary/aromatic N) is 4. The molecule has 328 valence electrons. The van der Waals surface area contributed by atoms with Gasteiger partial charge in [-0.15, -0.1) is 0 Å². The minimum atomic E-state index is -4.80. The Morgan fingerprint density at radius 3 is 1.93 bits per heavy atom. The highest BCUT2D eigenvalue weighted by atomic mass is 35.5. The van der Waals surface area contributed by atoms with Crippen LogP contribution in [0.5, 0.6) is 0 Å². The Kier molecular flexibility index (Phi) is 14.6. The molecule has 2 amide bonds. The molecular formula is C39H39ClF6N6O9. The van der Waals surface area contributed by atoms with Crippen molar-refractivity contribution in [1.82, 2.24) is 29.4 Å². The fraction of sp³-hybridized carbons (Fsp3) is 0.333. The average Bonchev–Trinajstić information content (AvgIpc) is 3.99. The highest BCUT2D eigenvalue weighted by Crippen LogP contribution is 2.38. The Morgan fingerprint density at radius 2 is 1.43 bits per heavy atom. The molecule has 6 heterocycles. The standard InChI is InChI=1S/C25H28ClF3N4O6.C13H7F3N2O3.CH4/c1-24(2,3)39-23(36)30-9-6-5-7-17(22(35)37-4)31-21(34)18-19(26)33-12-15(14-8-10-38-13-14)11-16(20(33)32-18)25(27,28)29;14-13(15,16)9-3-8(7-1-2-21-6-7)4-18-5-10(12(19)20)17-11(9)18;/h8,10-13,17H,5-7,9H2,1-4H3,(H,30,36)(H,31,34);1-6H,(H,19,20);1H4/t17-;;/m0../s1. The number of alkyl carbamates (subject to hydrolysis) is 1. The van der Waals surface area contributed by atoms with Gasteiger partial charge in [0.25, 0.3) is 5.91 Å². The third-order valence-electron chi connectivity index (χ3n) is 8.35. The number of hydrogen-bond donors (Lipinski definition) is 3. The van der Waals surface area contributed by atoms with E-state index in [4.69, 9.17) is 35.0 Å². The highest BCUT2D eigenvalue weighted by Gasteiger charge is 2.37. The normalized spacial score (nSPS) is 12.2. The van der Waals surface area contributed by atoms with Gasteiger partial charge in [-0.05, 0) is 64.3 Å². The molecule has 1 atom stereocenters. The zero-order valence-corrected chi connectivity index (χ0v) is 32.7. The first-order chi connectivity index (χ1) is 28.1. The van der Waals surface area contributed by atoms with Gasteiger partial charge < -0.3 is 38.4 Å². The minimum Gasteiger partial charge on any atom is -0.476 e. The predicted octanol–water partition coefficient (Wildman–Crippen LogP) is 9.18.